The Balaban J connectivity index is 2.08. The van der Waals surface area contributed by atoms with Crippen molar-refractivity contribution in [3.63, 3.8) is 0 Å². The Morgan fingerprint density at radius 3 is 2.71 bits per heavy atom. The summed E-state index contributed by atoms with van der Waals surface area (Å²) in [5.41, 5.74) is 2.22. The number of para-hydroxylation sites is 1. The molecule has 0 fully saturated rings. The van der Waals surface area contributed by atoms with Crippen molar-refractivity contribution in [2.24, 2.45) is 0 Å². The van der Waals surface area contributed by atoms with E-state index in [0.717, 1.165) is 17.7 Å². The van der Waals surface area contributed by atoms with Crippen molar-refractivity contribution in [1.82, 2.24) is 15.1 Å². The van der Waals surface area contributed by atoms with Gasteiger partial charge in [-0.15, -0.1) is 0 Å². The average Bonchev–Trinajstić information content (AvgIpc) is 2.95. The molecule has 0 saturated carbocycles. The van der Waals surface area contributed by atoms with Crippen LogP contribution in [0.2, 0.25) is 0 Å². The summed E-state index contributed by atoms with van der Waals surface area (Å²) < 4.78 is 5.43. The lowest BCUT2D eigenvalue weighted by atomic mass is 9.95. The molecular weight excluding hydrogens is 306 g/mol. The minimum absolute atomic E-state index is 0.0119. The fourth-order valence-electron chi connectivity index (χ4n) is 3.30. The van der Waals surface area contributed by atoms with E-state index in [-0.39, 0.29) is 18.0 Å². The highest BCUT2D eigenvalue weighted by Crippen LogP contribution is 2.39. The first-order valence-corrected chi connectivity index (χ1v) is 8.20. The zero-order valence-electron chi connectivity index (χ0n) is 14.5. The molecule has 24 heavy (non-hydrogen) atoms. The first kappa shape index (κ1) is 16.4. The fraction of sp³-hybridized carbons (Fsp3) is 0.444. The van der Waals surface area contributed by atoms with Gasteiger partial charge in [0.25, 0.3) is 5.91 Å². The van der Waals surface area contributed by atoms with E-state index in [1.54, 1.807) is 19.1 Å². The molecule has 6 heteroatoms. The van der Waals surface area contributed by atoms with Gasteiger partial charge in [0.05, 0.1) is 31.0 Å². The van der Waals surface area contributed by atoms with Crippen molar-refractivity contribution in [3.8, 4) is 5.75 Å². The van der Waals surface area contributed by atoms with Crippen LogP contribution in [0.4, 0.5) is 4.79 Å². The molecule has 1 aromatic carbocycles. The fourth-order valence-corrected chi connectivity index (χ4v) is 3.30. The van der Waals surface area contributed by atoms with Gasteiger partial charge >= 0.3 is 6.03 Å². The molecule has 128 valence electrons. The number of amides is 3. The van der Waals surface area contributed by atoms with Gasteiger partial charge in [-0.1, -0.05) is 25.1 Å². The van der Waals surface area contributed by atoms with E-state index in [9.17, 15) is 9.59 Å². The van der Waals surface area contributed by atoms with E-state index in [1.807, 2.05) is 36.1 Å². The molecule has 0 bridgehead atoms. The number of benzene rings is 1. The Morgan fingerprint density at radius 2 is 2.04 bits per heavy atom. The zero-order chi connectivity index (χ0) is 17.4. The van der Waals surface area contributed by atoms with Crippen LogP contribution in [0, 0.1) is 0 Å². The molecule has 3 rings (SSSR count). The van der Waals surface area contributed by atoms with E-state index in [1.165, 1.54) is 0 Å². The van der Waals surface area contributed by atoms with Gasteiger partial charge in [-0.25, -0.2) is 4.79 Å². The Kier molecular flexibility index (Phi) is 4.22. The quantitative estimate of drug-likeness (QED) is 0.922. The number of carbonyl (C=O) groups excluding carboxylic acids is 2. The van der Waals surface area contributed by atoms with Crippen LogP contribution in [0.5, 0.6) is 5.75 Å². The molecule has 0 radical (unpaired) electrons. The lowest BCUT2D eigenvalue weighted by molar-refractivity contribution is -0.127. The van der Waals surface area contributed by atoms with E-state index < -0.39 is 6.04 Å². The molecule has 0 aliphatic carbocycles. The Morgan fingerprint density at radius 1 is 1.33 bits per heavy atom. The summed E-state index contributed by atoms with van der Waals surface area (Å²) in [5.74, 6) is 0.649. The van der Waals surface area contributed by atoms with Crippen LogP contribution in [-0.2, 0) is 4.79 Å². The zero-order valence-corrected chi connectivity index (χ0v) is 14.5. The van der Waals surface area contributed by atoms with E-state index >= 15 is 0 Å². The van der Waals surface area contributed by atoms with Crippen LogP contribution >= 0.6 is 0 Å². The van der Waals surface area contributed by atoms with Gasteiger partial charge in [0, 0.05) is 18.7 Å². The van der Waals surface area contributed by atoms with Gasteiger partial charge in [0.15, 0.2) is 0 Å². The number of methoxy groups -OCH3 is 1. The lowest BCUT2D eigenvalue weighted by Gasteiger charge is -2.31. The van der Waals surface area contributed by atoms with Crippen molar-refractivity contribution in [2.45, 2.75) is 32.4 Å². The van der Waals surface area contributed by atoms with Gasteiger partial charge in [-0.05, 0) is 19.4 Å². The molecule has 6 nitrogen and oxygen atoms in total. The standard InChI is InChI=1S/C18H23N3O3/c1-5-11(2)21-10-13-15(17(21)22)16(19-18(23)20(13)3)12-8-6-7-9-14(12)24-4/h6-9,11,16H,5,10H2,1-4H3,(H,19,23)/t11-,16-/m0/s1. The third-order valence-corrected chi connectivity index (χ3v) is 4.96. The molecule has 1 N–H and O–H groups in total. The summed E-state index contributed by atoms with van der Waals surface area (Å²) in [6.07, 6.45) is 0.872. The highest BCUT2D eigenvalue weighted by Gasteiger charge is 2.44. The second-order valence-electron chi connectivity index (χ2n) is 6.23. The predicted molar refractivity (Wildman–Crippen MR) is 90.5 cm³/mol. The van der Waals surface area contributed by atoms with Gasteiger partial charge in [0.2, 0.25) is 0 Å². The van der Waals surface area contributed by atoms with Gasteiger partial charge in [-0.2, -0.15) is 0 Å². The second-order valence-corrected chi connectivity index (χ2v) is 6.23. The van der Waals surface area contributed by atoms with Crippen LogP contribution in [0.3, 0.4) is 0 Å². The van der Waals surface area contributed by atoms with Gasteiger partial charge in [-0.3, -0.25) is 9.69 Å². The monoisotopic (exact) mass is 329 g/mol. The Bertz CT molecular complexity index is 713. The predicted octanol–water partition coefficient (Wildman–Crippen LogP) is 2.29. The van der Waals surface area contributed by atoms with Gasteiger partial charge in [0.1, 0.15) is 5.75 Å². The molecular formula is C18H23N3O3. The summed E-state index contributed by atoms with van der Waals surface area (Å²) >= 11 is 0. The summed E-state index contributed by atoms with van der Waals surface area (Å²) in [5, 5.41) is 2.94. The molecule has 2 heterocycles. The molecule has 2 aliphatic heterocycles. The summed E-state index contributed by atoms with van der Waals surface area (Å²) in [7, 11) is 3.29. The van der Waals surface area contributed by atoms with Crippen LogP contribution in [0.1, 0.15) is 31.9 Å². The highest BCUT2D eigenvalue weighted by atomic mass is 16.5. The van der Waals surface area contributed by atoms with Crippen LogP contribution in [0.25, 0.3) is 0 Å². The maximum Gasteiger partial charge on any atom is 0.322 e. The van der Waals surface area contributed by atoms with Crippen molar-refractivity contribution in [3.05, 3.63) is 41.1 Å². The normalized spacial score (nSPS) is 21.8. The van der Waals surface area contributed by atoms with E-state index in [0.29, 0.717) is 17.9 Å². The molecule has 0 unspecified atom stereocenters. The second kappa shape index (κ2) is 6.19. The summed E-state index contributed by atoms with van der Waals surface area (Å²) in [6.45, 7) is 4.56. The van der Waals surface area contributed by atoms with E-state index in [2.05, 4.69) is 12.2 Å². The lowest BCUT2D eigenvalue weighted by Crippen LogP contribution is -2.45. The number of carbonyl (C=O) groups is 2. The molecule has 0 aromatic heterocycles. The minimum Gasteiger partial charge on any atom is -0.496 e. The minimum atomic E-state index is -0.485. The third kappa shape index (κ3) is 2.42. The molecule has 1 aromatic rings. The SMILES string of the molecule is CC[C@H](C)N1CC2=C(C1=O)[C@H](c1ccccc1OC)NC(=O)N2C. The Hall–Kier alpha value is -2.50. The van der Waals surface area contributed by atoms with Crippen LogP contribution in [-0.4, -0.2) is 48.5 Å². The molecule has 0 spiro atoms. The number of nitrogens with one attached hydrogen (secondary N) is 1. The number of ether oxygens (including phenoxy) is 1. The van der Waals surface area contributed by atoms with Crippen molar-refractivity contribution >= 4 is 11.9 Å². The number of urea groups is 1. The number of hydrogen-bond donors (Lipinski definition) is 1. The summed E-state index contributed by atoms with van der Waals surface area (Å²) in [6, 6.07) is 6.92. The number of rotatable bonds is 4. The first-order chi connectivity index (χ1) is 11.5. The van der Waals surface area contributed by atoms with Crippen LogP contribution in [0.15, 0.2) is 35.5 Å². The summed E-state index contributed by atoms with van der Waals surface area (Å²) in [4.78, 5) is 28.8. The largest absolute Gasteiger partial charge is 0.496 e. The maximum absolute atomic E-state index is 13.0. The van der Waals surface area contributed by atoms with Crippen LogP contribution < -0.4 is 10.1 Å². The maximum atomic E-state index is 13.0. The van der Waals surface area contributed by atoms with Gasteiger partial charge < -0.3 is 15.0 Å². The van der Waals surface area contributed by atoms with Crippen molar-refractivity contribution in [1.29, 1.82) is 0 Å². The third-order valence-electron chi connectivity index (χ3n) is 4.96. The molecule has 3 amide bonds. The van der Waals surface area contributed by atoms with Crippen molar-refractivity contribution < 1.29 is 14.3 Å². The number of likely N-dealkylation sites (N-methyl/N-ethyl adjacent to an activating group) is 1. The first-order valence-electron chi connectivity index (χ1n) is 8.20. The number of hydrogen-bond acceptors (Lipinski definition) is 3. The average molecular weight is 329 g/mol. The molecule has 0 saturated heterocycles. The van der Waals surface area contributed by atoms with Crippen molar-refractivity contribution in [2.75, 3.05) is 20.7 Å². The molecule has 2 atom stereocenters. The van der Waals surface area contributed by atoms with E-state index in [4.69, 9.17) is 4.74 Å². The molecule has 2 aliphatic rings. The Labute approximate surface area is 142 Å². The number of nitrogens with zero attached hydrogens (tertiary/aromatic N) is 2. The topological polar surface area (TPSA) is 61.9 Å². The smallest absolute Gasteiger partial charge is 0.322 e. The highest BCUT2D eigenvalue weighted by molar-refractivity contribution is 6.01.